The van der Waals surface area contributed by atoms with Crippen molar-refractivity contribution in [1.82, 2.24) is 0 Å². The van der Waals surface area contributed by atoms with Crippen LogP contribution in [0.25, 0.3) is 11.1 Å². The zero-order chi connectivity index (χ0) is 15.8. The molecule has 0 amide bonds. The molecule has 0 radical (unpaired) electrons. The number of alkyl halides is 3. The van der Waals surface area contributed by atoms with Crippen molar-refractivity contribution in [3.05, 3.63) is 41.5 Å². The van der Waals surface area contributed by atoms with Gasteiger partial charge < -0.3 is 16.2 Å². The summed E-state index contributed by atoms with van der Waals surface area (Å²) in [6.45, 7) is 1.71. The number of aryl methyl sites for hydroxylation is 1. The minimum absolute atomic E-state index is 0.00866. The molecule has 0 aliphatic carbocycles. The average molecular weight is 296 g/mol. The van der Waals surface area contributed by atoms with Crippen molar-refractivity contribution in [2.24, 2.45) is 0 Å². The Morgan fingerprint density at radius 1 is 1.00 bits per heavy atom. The molecular formula is C15H15F3N2O. The minimum atomic E-state index is -4.58. The lowest BCUT2D eigenvalue weighted by Gasteiger charge is -2.18. The first-order valence-corrected chi connectivity index (χ1v) is 6.16. The second kappa shape index (κ2) is 5.20. The van der Waals surface area contributed by atoms with Gasteiger partial charge in [0.15, 0.2) is 0 Å². The molecule has 0 aliphatic rings. The number of anilines is 2. The van der Waals surface area contributed by atoms with Crippen LogP contribution in [0.1, 0.15) is 11.1 Å². The Labute approximate surface area is 120 Å². The van der Waals surface area contributed by atoms with Crippen LogP contribution in [0.5, 0.6) is 5.75 Å². The highest BCUT2D eigenvalue weighted by Crippen LogP contribution is 2.43. The zero-order valence-corrected chi connectivity index (χ0v) is 11.6. The van der Waals surface area contributed by atoms with E-state index < -0.39 is 17.4 Å². The molecule has 2 aromatic carbocycles. The largest absolute Gasteiger partial charge is 0.497 e. The van der Waals surface area contributed by atoms with Crippen LogP contribution < -0.4 is 16.2 Å². The summed E-state index contributed by atoms with van der Waals surface area (Å²) >= 11 is 0. The molecule has 0 heterocycles. The molecular weight excluding hydrogens is 281 g/mol. The number of benzene rings is 2. The first-order chi connectivity index (χ1) is 9.75. The van der Waals surface area contributed by atoms with E-state index in [4.69, 9.17) is 16.2 Å². The highest BCUT2D eigenvalue weighted by molar-refractivity contribution is 5.82. The summed E-state index contributed by atoms with van der Waals surface area (Å²) in [4.78, 5) is 0. The number of nitrogens with two attached hydrogens (primary N) is 2. The summed E-state index contributed by atoms with van der Waals surface area (Å²) in [5, 5.41) is 0. The van der Waals surface area contributed by atoms with E-state index in [0.717, 1.165) is 0 Å². The van der Waals surface area contributed by atoms with Gasteiger partial charge in [0.05, 0.1) is 24.0 Å². The molecule has 2 rings (SSSR count). The first-order valence-electron chi connectivity index (χ1n) is 6.16. The number of rotatable bonds is 2. The van der Waals surface area contributed by atoms with Crippen molar-refractivity contribution in [2.75, 3.05) is 18.6 Å². The van der Waals surface area contributed by atoms with Gasteiger partial charge in [-0.1, -0.05) is 12.1 Å². The van der Waals surface area contributed by atoms with E-state index in [9.17, 15) is 13.2 Å². The fraction of sp³-hybridized carbons (Fsp3) is 0.200. The molecule has 3 nitrogen and oxygen atoms in total. The van der Waals surface area contributed by atoms with Gasteiger partial charge in [-0.2, -0.15) is 13.2 Å². The van der Waals surface area contributed by atoms with Gasteiger partial charge in [0, 0.05) is 0 Å². The number of ether oxygens (including phenoxy) is 1. The molecule has 0 fully saturated rings. The van der Waals surface area contributed by atoms with Crippen LogP contribution >= 0.6 is 0 Å². The molecule has 0 unspecified atom stereocenters. The SMILES string of the molecule is COc1ccc(-c2ccc(N)c(N)c2C(F)(F)F)c(C)c1. The summed E-state index contributed by atoms with van der Waals surface area (Å²) < 4.78 is 44.9. The first kappa shape index (κ1) is 15.0. The van der Waals surface area contributed by atoms with Crippen molar-refractivity contribution in [3.63, 3.8) is 0 Å². The molecule has 4 N–H and O–H groups in total. The van der Waals surface area contributed by atoms with Crippen molar-refractivity contribution >= 4 is 11.4 Å². The summed E-state index contributed by atoms with van der Waals surface area (Å²) in [7, 11) is 1.50. The van der Waals surface area contributed by atoms with E-state index in [2.05, 4.69) is 0 Å². The zero-order valence-electron chi connectivity index (χ0n) is 11.6. The summed E-state index contributed by atoms with van der Waals surface area (Å²) in [5.74, 6) is 0.577. The molecule has 2 aromatic rings. The molecule has 0 saturated carbocycles. The highest BCUT2D eigenvalue weighted by Gasteiger charge is 2.37. The van der Waals surface area contributed by atoms with Crippen molar-refractivity contribution < 1.29 is 17.9 Å². The Kier molecular flexibility index (Phi) is 3.72. The lowest BCUT2D eigenvalue weighted by molar-refractivity contribution is -0.136. The van der Waals surface area contributed by atoms with Crippen LogP contribution in [0.3, 0.4) is 0 Å². The van der Waals surface area contributed by atoms with Crippen molar-refractivity contribution in [2.45, 2.75) is 13.1 Å². The van der Waals surface area contributed by atoms with Crippen LogP contribution in [0.4, 0.5) is 24.5 Å². The molecule has 0 atom stereocenters. The Morgan fingerprint density at radius 3 is 2.14 bits per heavy atom. The lowest BCUT2D eigenvalue weighted by atomic mass is 9.93. The van der Waals surface area contributed by atoms with Crippen LogP contribution in [0.15, 0.2) is 30.3 Å². The van der Waals surface area contributed by atoms with Gasteiger partial charge in [0.2, 0.25) is 0 Å². The van der Waals surface area contributed by atoms with Crippen LogP contribution in [0, 0.1) is 6.92 Å². The normalized spacial score (nSPS) is 11.5. The van der Waals surface area contributed by atoms with Gasteiger partial charge in [-0.15, -0.1) is 0 Å². The third-order valence-electron chi connectivity index (χ3n) is 3.29. The Bertz CT molecular complexity index is 681. The Hall–Kier alpha value is -2.37. The van der Waals surface area contributed by atoms with Gasteiger partial charge >= 0.3 is 6.18 Å². The van der Waals surface area contributed by atoms with Crippen LogP contribution in [0.2, 0.25) is 0 Å². The van der Waals surface area contributed by atoms with E-state index in [1.165, 1.54) is 19.2 Å². The number of methoxy groups -OCH3 is 1. The quantitative estimate of drug-likeness (QED) is 0.827. The number of nitrogen functional groups attached to an aromatic ring is 2. The number of halogens is 3. The third-order valence-corrected chi connectivity index (χ3v) is 3.29. The van der Waals surface area contributed by atoms with Gasteiger partial charge in [-0.3, -0.25) is 0 Å². The monoisotopic (exact) mass is 296 g/mol. The second-order valence-corrected chi connectivity index (χ2v) is 4.67. The molecule has 0 spiro atoms. The predicted molar refractivity (Wildman–Crippen MR) is 77.0 cm³/mol. The average Bonchev–Trinajstić information content (AvgIpc) is 2.40. The maximum Gasteiger partial charge on any atom is 0.419 e. The van der Waals surface area contributed by atoms with E-state index in [1.54, 1.807) is 25.1 Å². The van der Waals surface area contributed by atoms with Crippen LogP contribution in [-0.2, 0) is 6.18 Å². The number of hydrogen-bond acceptors (Lipinski definition) is 3. The van der Waals surface area contributed by atoms with Crippen molar-refractivity contribution in [3.8, 4) is 16.9 Å². The molecule has 0 saturated heterocycles. The van der Waals surface area contributed by atoms with E-state index in [1.807, 2.05) is 0 Å². The summed E-state index contributed by atoms with van der Waals surface area (Å²) in [6.07, 6.45) is -4.58. The fourth-order valence-electron chi connectivity index (χ4n) is 2.23. The van der Waals surface area contributed by atoms with Gasteiger partial charge in [0.25, 0.3) is 0 Å². The van der Waals surface area contributed by atoms with E-state index >= 15 is 0 Å². The molecule has 0 aromatic heterocycles. The molecule has 0 bridgehead atoms. The van der Waals surface area contributed by atoms with Crippen molar-refractivity contribution in [1.29, 1.82) is 0 Å². The van der Waals surface area contributed by atoms with Gasteiger partial charge in [-0.05, 0) is 41.8 Å². The van der Waals surface area contributed by atoms with Gasteiger partial charge in [0.1, 0.15) is 5.75 Å². The Balaban J connectivity index is 2.73. The molecule has 6 heteroatoms. The maximum atomic E-state index is 13.3. The Morgan fingerprint density at radius 2 is 1.62 bits per heavy atom. The summed E-state index contributed by atoms with van der Waals surface area (Å²) in [5.41, 5.74) is 10.7. The fourth-order valence-corrected chi connectivity index (χ4v) is 2.23. The highest BCUT2D eigenvalue weighted by atomic mass is 19.4. The minimum Gasteiger partial charge on any atom is -0.497 e. The predicted octanol–water partition coefficient (Wildman–Crippen LogP) is 3.85. The topological polar surface area (TPSA) is 61.3 Å². The van der Waals surface area contributed by atoms with E-state index in [0.29, 0.717) is 16.9 Å². The smallest absolute Gasteiger partial charge is 0.419 e. The molecule has 0 aliphatic heterocycles. The number of hydrogen-bond donors (Lipinski definition) is 2. The third kappa shape index (κ3) is 2.74. The maximum absolute atomic E-state index is 13.3. The van der Waals surface area contributed by atoms with E-state index in [-0.39, 0.29) is 11.3 Å². The second-order valence-electron chi connectivity index (χ2n) is 4.67. The lowest BCUT2D eigenvalue weighted by Crippen LogP contribution is -2.13. The van der Waals surface area contributed by atoms with Gasteiger partial charge in [-0.25, -0.2) is 0 Å². The molecule has 112 valence electrons. The molecule has 21 heavy (non-hydrogen) atoms. The van der Waals surface area contributed by atoms with Crippen LogP contribution in [-0.4, -0.2) is 7.11 Å². The summed E-state index contributed by atoms with van der Waals surface area (Å²) in [6, 6.07) is 7.57. The standard InChI is InChI=1S/C15H15F3N2O/c1-8-7-9(21-2)3-4-10(8)11-5-6-12(19)14(20)13(11)15(16,17)18/h3-7H,19-20H2,1-2H3.